The van der Waals surface area contributed by atoms with Crippen molar-refractivity contribution in [2.75, 3.05) is 16.8 Å². The van der Waals surface area contributed by atoms with Gasteiger partial charge in [-0.25, -0.2) is 4.79 Å². The van der Waals surface area contributed by atoms with Crippen molar-refractivity contribution in [1.82, 2.24) is 10.2 Å². The number of para-hydroxylation sites is 2. The Balaban J connectivity index is 1.70. The summed E-state index contributed by atoms with van der Waals surface area (Å²) in [5.41, 5.74) is -1.05. The molecule has 2 N–H and O–H groups in total. The lowest BCUT2D eigenvalue weighted by molar-refractivity contribution is -0.158. The Morgan fingerprint density at radius 1 is 1.06 bits per heavy atom. The predicted octanol–water partition coefficient (Wildman–Crippen LogP) is 3.54. The molecule has 2 atom stereocenters. The number of rotatable bonds is 5. The third-order valence-electron chi connectivity index (χ3n) is 6.14. The summed E-state index contributed by atoms with van der Waals surface area (Å²) in [6.45, 7) is 0.905. The molecule has 5 amide bonds. The molecule has 0 saturated carbocycles. The first-order valence-corrected chi connectivity index (χ1v) is 11.1. The van der Waals surface area contributed by atoms with Crippen LogP contribution in [0.25, 0.3) is 0 Å². The highest BCUT2D eigenvalue weighted by molar-refractivity contribution is 6.12. The van der Waals surface area contributed by atoms with E-state index >= 15 is 0 Å². The minimum atomic E-state index is -4.93. The normalized spacial score (nSPS) is 22.4. The van der Waals surface area contributed by atoms with Crippen LogP contribution in [0.15, 0.2) is 54.6 Å². The summed E-state index contributed by atoms with van der Waals surface area (Å²) in [6.07, 6.45) is -5.19. The van der Waals surface area contributed by atoms with E-state index in [0.29, 0.717) is 21.8 Å². The van der Waals surface area contributed by atoms with Crippen LogP contribution in [0.2, 0.25) is 0 Å². The molecule has 2 aromatic rings. The molecule has 1 fully saturated rings. The fourth-order valence-electron chi connectivity index (χ4n) is 4.58. The molecule has 0 spiro atoms. The second-order valence-corrected chi connectivity index (χ2v) is 8.43. The Hall–Kier alpha value is -3.89. The molecule has 2 aliphatic heterocycles. The number of alkyl halides is 3. The number of halogens is 3. The fourth-order valence-corrected chi connectivity index (χ4v) is 4.58. The zero-order chi connectivity index (χ0) is 25.4. The number of imide groups is 1. The summed E-state index contributed by atoms with van der Waals surface area (Å²) >= 11 is 0. The molecular formula is C24H23F3N4O4. The van der Waals surface area contributed by atoms with Crippen molar-refractivity contribution in [3.8, 4) is 0 Å². The number of anilines is 2. The van der Waals surface area contributed by atoms with Gasteiger partial charge in [0.2, 0.25) is 11.8 Å². The molecule has 184 valence electrons. The molecule has 2 aliphatic rings. The Morgan fingerprint density at radius 2 is 1.71 bits per heavy atom. The number of carbonyl (C=O) groups is 4. The standard InChI is InChI=1S/C24H23F3N4O4/c1-2-12-23(15-8-4-3-5-9-15)21(34)30(22(35)29-23)14-20(33)31-17-11-7-6-10-16(17)28-19(32)13-18(31)24(25,26)27/h3-11,18H,2,12-14H2,1H3,(H,28,32)(H,29,35). The monoisotopic (exact) mass is 488 g/mol. The number of nitrogens with one attached hydrogen (secondary N) is 2. The van der Waals surface area contributed by atoms with Gasteiger partial charge in [0, 0.05) is 0 Å². The van der Waals surface area contributed by atoms with E-state index in [0.717, 1.165) is 0 Å². The van der Waals surface area contributed by atoms with E-state index in [-0.39, 0.29) is 17.8 Å². The van der Waals surface area contributed by atoms with Crippen molar-refractivity contribution in [2.45, 2.75) is 43.9 Å². The summed E-state index contributed by atoms with van der Waals surface area (Å²) in [5.74, 6) is -2.76. The Labute approximate surface area is 199 Å². The molecule has 4 rings (SSSR count). The van der Waals surface area contributed by atoms with Gasteiger partial charge in [0.15, 0.2) is 0 Å². The van der Waals surface area contributed by atoms with Crippen LogP contribution >= 0.6 is 0 Å². The van der Waals surface area contributed by atoms with Gasteiger partial charge in [0.05, 0.1) is 17.8 Å². The lowest BCUT2D eigenvalue weighted by Crippen LogP contribution is -2.53. The van der Waals surface area contributed by atoms with Crippen molar-refractivity contribution in [1.29, 1.82) is 0 Å². The fraction of sp³-hybridized carbons (Fsp3) is 0.333. The van der Waals surface area contributed by atoms with Crippen LogP contribution in [0.4, 0.5) is 29.3 Å². The summed E-state index contributed by atoms with van der Waals surface area (Å²) in [5, 5.41) is 5.03. The molecule has 0 bridgehead atoms. The maximum absolute atomic E-state index is 14.0. The number of benzene rings is 2. The quantitative estimate of drug-likeness (QED) is 0.629. The Morgan fingerprint density at radius 3 is 2.37 bits per heavy atom. The summed E-state index contributed by atoms with van der Waals surface area (Å²) in [4.78, 5) is 52.9. The van der Waals surface area contributed by atoms with Crippen LogP contribution in [0.1, 0.15) is 31.7 Å². The average Bonchev–Trinajstić information content (AvgIpc) is 2.95. The molecule has 1 saturated heterocycles. The van der Waals surface area contributed by atoms with Gasteiger partial charge in [0.25, 0.3) is 5.91 Å². The van der Waals surface area contributed by atoms with Crippen LogP contribution in [0.5, 0.6) is 0 Å². The maximum Gasteiger partial charge on any atom is 0.409 e. The van der Waals surface area contributed by atoms with Gasteiger partial charge >= 0.3 is 12.2 Å². The molecule has 2 unspecified atom stereocenters. The zero-order valence-electron chi connectivity index (χ0n) is 18.8. The number of urea groups is 1. The first-order chi connectivity index (χ1) is 16.6. The highest BCUT2D eigenvalue weighted by atomic mass is 19.4. The number of amides is 5. The summed E-state index contributed by atoms with van der Waals surface area (Å²) in [6, 6.07) is 10.7. The number of fused-ring (bicyclic) bond motifs is 1. The number of hydrogen-bond donors (Lipinski definition) is 2. The van der Waals surface area contributed by atoms with Gasteiger partial charge in [-0.15, -0.1) is 0 Å². The van der Waals surface area contributed by atoms with Gasteiger partial charge in [-0.3, -0.25) is 24.2 Å². The maximum atomic E-state index is 14.0. The third kappa shape index (κ3) is 4.33. The Bertz CT molecular complexity index is 1170. The van der Waals surface area contributed by atoms with E-state index in [4.69, 9.17) is 0 Å². The van der Waals surface area contributed by atoms with Gasteiger partial charge in [-0.05, 0) is 24.1 Å². The molecule has 35 heavy (non-hydrogen) atoms. The molecule has 2 heterocycles. The van der Waals surface area contributed by atoms with Gasteiger partial charge < -0.3 is 10.6 Å². The van der Waals surface area contributed by atoms with Crippen molar-refractivity contribution >= 4 is 35.1 Å². The van der Waals surface area contributed by atoms with Crippen molar-refractivity contribution in [3.05, 3.63) is 60.2 Å². The van der Waals surface area contributed by atoms with Gasteiger partial charge in [-0.1, -0.05) is 55.8 Å². The minimum Gasteiger partial charge on any atom is -0.324 e. The highest BCUT2D eigenvalue weighted by Gasteiger charge is 2.54. The first-order valence-electron chi connectivity index (χ1n) is 11.1. The van der Waals surface area contributed by atoms with E-state index in [1.165, 1.54) is 24.3 Å². The first kappa shape index (κ1) is 24.2. The molecule has 2 aromatic carbocycles. The van der Waals surface area contributed by atoms with Crippen molar-refractivity contribution < 1.29 is 32.3 Å². The van der Waals surface area contributed by atoms with Crippen molar-refractivity contribution in [2.24, 2.45) is 0 Å². The molecule has 0 aliphatic carbocycles. The van der Waals surface area contributed by atoms with E-state index in [9.17, 15) is 32.3 Å². The topological polar surface area (TPSA) is 98.8 Å². The van der Waals surface area contributed by atoms with Crippen LogP contribution < -0.4 is 15.5 Å². The number of carbonyl (C=O) groups excluding carboxylic acids is 4. The number of hydrogen-bond acceptors (Lipinski definition) is 4. The smallest absolute Gasteiger partial charge is 0.324 e. The zero-order valence-corrected chi connectivity index (χ0v) is 18.8. The van der Waals surface area contributed by atoms with E-state index in [1.807, 2.05) is 6.92 Å². The Kier molecular flexibility index (Phi) is 6.27. The molecule has 11 heteroatoms. The molecular weight excluding hydrogens is 465 g/mol. The number of nitrogens with zero attached hydrogens (tertiary/aromatic N) is 2. The lowest BCUT2D eigenvalue weighted by Gasteiger charge is -2.32. The lowest BCUT2D eigenvalue weighted by atomic mass is 9.85. The second-order valence-electron chi connectivity index (χ2n) is 8.43. The highest BCUT2D eigenvalue weighted by Crippen LogP contribution is 2.39. The van der Waals surface area contributed by atoms with Crippen LogP contribution in [-0.4, -0.2) is 47.4 Å². The molecule has 0 radical (unpaired) electrons. The van der Waals surface area contributed by atoms with E-state index in [2.05, 4.69) is 10.6 Å². The summed E-state index contributed by atoms with van der Waals surface area (Å²) in [7, 11) is 0. The van der Waals surface area contributed by atoms with E-state index < -0.39 is 54.5 Å². The van der Waals surface area contributed by atoms with Crippen LogP contribution in [-0.2, 0) is 19.9 Å². The van der Waals surface area contributed by atoms with E-state index in [1.54, 1.807) is 30.3 Å². The molecule has 8 nitrogen and oxygen atoms in total. The molecule has 0 aromatic heterocycles. The van der Waals surface area contributed by atoms with Gasteiger partial charge in [-0.2, -0.15) is 13.2 Å². The SMILES string of the molecule is CCCC1(c2ccccc2)NC(=O)N(CC(=O)N2c3ccccc3NC(=O)CC2C(F)(F)F)C1=O. The minimum absolute atomic E-state index is 0.0272. The second kappa shape index (κ2) is 9.05. The average molecular weight is 488 g/mol. The van der Waals surface area contributed by atoms with Crippen LogP contribution in [0, 0.1) is 0 Å². The van der Waals surface area contributed by atoms with Crippen molar-refractivity contribution in [3.63, 3.8) is 0 Å². The van der Waals surface area contributed by atoms with Crippen LogP contribution in [0.3, 0.4) is 0 Å². The third-order valence-corrected chi connectivity index (χ3v) is 6.14. The van der Waals surface area contributed by atoms with Gasteiger partial charge in [0.1, 0.15) is 18.1 Å². The predicted molar refractivity (Wildman–Crippen MR) is 120 cm³/mol. The summed E-state index contributed by atoms with van der Waals surface area (Å²) < 4.78 is 41.9. The largest absolute Gasteiger partial charge is 0.409 e.